The lowest BCUT2D eigenvalue weighted by Crippen LogP contribution is -2.46. The molecule has 3 aromatic rings. The van der Waals surface area contributed by atoms with Gasteiger partial charge in [-0.2, -0.15) is 9.97 Å². The Bertz CT molecular complexity index is 1260. The Kier molecular flexibility index (Phi) is 4.91. The van der Waals surface area contributed by atoms with Crippen LogP contribution in [0.4, 0.5) is 15.9 Å². The first-order valence-corrected chi connectivity index (χ1v) is 11.8. The lowest BCUT2D eigenvalue weighted by Gasteiger charge is -2.36. The predicted molar refractivity (Wildman–Crippen MR) is 128 cm³/mol. The molecule has 6 rings (SSSR count). The number of nitrogens with one attached hydrogen (secondary N) is 1. The number of halogens is 1. The quantitative estimate of drug-likeness (QED) is 0.464. The molecule has 2 fully saturated rings. The summed E-state index contributed by atoms with van der Waals surface area (Å²) >= 11 is 0. The number of hydrogen-bond acceptors (Lipinski definition) is 8. The first-order valence-electron chi connectivity index (χ1n) is 11.8. The van der Waals surface area contributed by atoms with Gasteiger partial charge in [-0.3, -0.25) is 0 Å². The van der Waals surface area contributed by atoms with Crippen molar-refractivity contribution in [3.63, 3.8) is 0 Å². The predicted octanol–water partition coefficient (Wildman–Crippen LogP) is 3.72. The van der Waals surface area contributed by atoms with E-state index < -0.39 is 0 Å². The molecule has 3 N–H and O–H groups in total. The van der Waals surface area contributed by atoms with E-state index in [2.05, 4.69) is 20.2 Å². The molecule has 9 heteroatoms. The molecule has 2 aliphatic carbocycles. The van der Waals surface area contributed by atoms with Gasteiger partial charge >= 0.3 is 6.01 Å². The highest BCUT2D eigenvalue weighted by Gasteiger charge is 2.46. The summed E-state index contributed by atoms with van der Waals surface area (Å²) in [4.78, 5) is 20.6. The van der Waals surface area contributed by atoms with Crippen LogP contribution in [0.2, 0.25) is 0 Å². The summed E-state index contributed by atoms with van der Waals surface area (Å²) in [5.74, 6) is 3.01. The van der Waals surface area contributed by atoms with Crippen molar-refractivity contribution in [1.29, 1.82) is 0 Å². The van der Waals surface area contributed by atoms with Gasteiger partial charge in [-0.1, -0.05) is 13.8 Å². The van der Waals surface area contributed by atoms with Crippen molar-refractivity contribution in [1.82, 2.24) is 19.9 Å². The van der Waals surface area contributed by atoms with E-state index in [4.69, 9.17) is 20.4 Å². The summed E-state index contributed by atoms with van der Waals surface area (Å²) in [5, 5.41) is 3.12. The number of benzene rings is 1. The highest BCUT2D eigenvalue weighted by molar-refractivity contribution is 5.88. The summed E-state index contributed by atoms with van der Waals surface area (Å²) < 4.78 is 20.5. The van der Waals surface area contributed by atoms with Crippen LogP contribution in [0, 0.1) is 17.7 Å². The van der Waals surface area contributed by atoms with Crippen molar-refractivity contribution in [3.8, 4) is 22.9 Å². The molecule has 34 heavy (non-hydrogen) atoms. The van der Waals surface area contributed by atoms with E-state index in [0.29, 0.717) is 24.0 Å². The molecular weight excluding hydrogens is 433 g/mol. The average molecular weight is 462 g/mol. The van der Waals surface area contributed by atoms with Crippen LogP contribution in [0.15, 0.2) is 24.5 Å². The van der Waals surface area contributed by atoms with Gasteiger partial charge in [0.25, 0.3) is 0 Å². The smallest absolute Gasteiger partial charge is 0.324 e. The van der Waals surface area contributed by atoms with E-state index in [-0.39, 0.29) is 23.8 Å². The van der Waals surface area contributed by atoms with Crippen molar-refractivity contribution in [3.05, 3.63) is 47.4 Å². The Morgan fingerprint density at radius 2 is 1.97 bits per heavy atom. The highest BCUT2D eigenvalue weighted by atomic mass is 19.1. The Labute approximate surface area is 197 Å². The third-order valence-electron chi connectivity index (χ3n) is 7.33. The van der Waals surface area contributed by atoms with Crippen molar-refractivity contribution in [2.45, 2.75) is 38.6 Å². The van der Waals surface area contributed by atoms with Crippen LogP contribution in [-0.2, 0) is 6.42 Å². The Balaban J connectivity index is 1.42. The minimum Gasteiger partial charge on any atom is -0.421 e. The molecule has 3 heterocycles. The first kappa shape index (κ1) is 21.2. The largest absolute Gasteiger partial charge is 0.421 e. The van der Waals surface area contributed by atoms with E-state index >= 15 is 0 Å². The van der Waals surface area contributed by atoms with Gasteiger partial charge in [0, 0.05) is 49.8 Å². The summed E-state index contributed by atoms with van der Waals surface area (Å²) in [6.45, 7) is 5.81. The van der Waals surface area contributed by atoms with Gasteiger partial charge in [-0.05, 0) is 41.5 Å². The van der Waals surface area contributed by atoms with Crippen LogP contribution in [-0.4, -0.2) is 46.1 Å². The molecule has 8 nitrogen and oxygen atoms in total. The topological polar surface area (TPSA) is 102 Å². The monoisotopic (exact) mass is 461 g/mol. The zero-order valence-electron chi connectivity index (χ0n) is 19.5. The van der Waals surface area contributed by atoms with Crippen molar-refractivity contribution < 1.29 is 9.13 Å². The first-order chi connectivity index (χ1) is 16.4. The molecule has 1 aliphatic heterocycles. The molecule has 0 amide bonds. The van der Waals surface area contributed by atoms with Gasteiger partial charge in [0.1, 0.15) is 17.5 Å². The molecule has 3 aliphatic rings. The van der Waals surface area contributed by atoms with E-state index in [1.54, 1.807) is 25.5 Å². The summed E-state index contributed by atoms with van der Waals surface area (Å²) in [6, 6.07) is 3.60. The van der Waals surface area contributed by atoms with Crippen LogP contribution in [0.5, 0.6) is 11.8 Å². The molecule has 3 atom stereocenters. The van der Waals surface area contributed by atoms with Gasteiger partial charge in [0.15, 0.2) is 5.75 Å². The van der Waals surface area contributed by atoms with Crippen LogP contribution in [0.3, 0.4) is 0 Å². The average Bonchev–Trinajstić information content (AvgIpc) is 3.36. The number of anilines is 2. The van der Waals surface area contributed by atoms with Gasteiger partial charge in [0.2, 0.25) is 0 Å². The van der Waals surface area contributed by atoms with Gasteiger partial charge in [-0.15, -0.1) is 0 Å². The second kappa shape index (κ2) is 7.87. The Morgan fingerprint density at radius 3 is 2.65 bits per heavy atom. The fourth-order valence-corrected chi connectivity index (χ4v) is 5.51. The number of rotatable bonds is 5. The minimum atomic E-state index is -0.284. The molecular formula is C25H28FN7O. The number of ether oxygens (including phenoxy) is 1. The molecule has 1 saturated carbocycles. The van der Waals surface area contributed by atoms with Gasteiger partial charge in [0.05, 0.1) is 18.1 Å². The lowest BCUT2D eigenvalue weighted by molar-refractivity contribution is 0.194. The molecule has 1 saturated heterocycles. The van der Waals surface area contributed by atoms with E-state index in [0.717, 1.165) is 59.2 Å². The van der Waals surface area contributed by atoms with Gasteiger partial charge in [-0.25, -0.2) is 14.4 Å². The number of nitrogens with zero attached hydrogens (tertiary/aromatic N) is 5. The maximum atomic E-state index is 14.5. The lowest BCUT2D eigenvalue weighted by atomic mass is 9.72. The maximum Gasteiger partial charge on any atom is 0.324 e. The number of nitrogens with two attached hydrogens (primary N) is 1. The molecule has 0 spiro atoms. The number of aromatic nitrogens is 4. The maximum absolute atomic E-state index is 14.5. The molecule has 0 radical (unpaired) electrons. The van der Waals surface area contributed by atoms with Crippen LogP contribution < -0.4 is 20.7 Å². The number of fused-ring (bicyclic) bond motifs is 4. The van der Waals surface area contributed by atoms with Crippen LogP contribution >= 0.6 is 0 Å². The zero-order chi connectivity index (χ0) is 23.6. The van der Waals surface area contributed by atoms with E-state index in [1.807, 2.05) is 13.8 Å². The number of hydrogen-bond donors (Lipinski definition) is 2. The fraction of sp³-hybridized carbons (Fsp3) is 0.440. The standard InChI is InChI=1S/C25H28FN7O/c1-12(2)23-29-8-15(9-30-23)34-25-31-21-7-16-17(5-14(26)6-20(16)28-3)22(21)24(32-25)33-10-13-4-19(27)18(13)11-33/h5-6,8-9,12-13,18-19,28H,4,7,10-11,27H2,1-3H3/t13?,18?,19-/m1/s1. The SMILES string of the molecule is CNc1cc(F)cc2c1Cc1nc(Oc3cnc(C(C)C)nc3)nc(N3CC4C[C@@H](N)C4C3)c1-2. The van der Waals surface area contributed by atoms with E-state index in [9.17, 15) is 4.39 Å². The third-order valence-corrected chi connectivity index (χ3v) is 7.33. The molecule has 2 unspecified atom stereocenters. The molecule has 0 bridgehead atoms. The van der Waals surface area contributed by atoms with E-state index in [1.165, 1.54) is 6.07 Å². The second-order valence-corrected chi connectivity index (χ2v) is 9.82. The summed E-state index contributed by atoms with van der Waals surface area (Å²) in [7, 11) is 1.81. The third kappa shape index (κ3) is 3.37. The van der Waals surface area contributed by atoms with Crippen molar-refractivity contribution in [2.75, 3.05) is 30.4 Å². The minimum absolute atomic E-state index is 0.231. The normalized spacial score (nSPS) is 22.3. The molecule has 2 aromatic heterocycles. The molecule has 1 aromatic carbocycles. The van der Waals surface area contributed by atoms with Crippen molar-refractivity contribution >= 4 is 11.5 Å². The Hall–Kier alpha value is -3.33. The second-order valence-electron chi connectivity index (χ2n) is 9.82. The van der Waals surface area contributed by atoms with Gasteiger partial charge < -0.3 is 20.7 Å². The summed E-state index contributed by atoms with van der Waals surface area (Å²) in [6.07, 6.45) is 4.91. The highest BCUT2D eigenvalue weighted by Crippen LogP contribution is 2.48. The summed E-state index contributed by atoms with van der Waals surface area (Å²) in [5.41, 5.74) is 10.6. The van der Waals surface area contributed by atoms with Crippen LogP contribution in [0.1, 0.15) is 43.3 Å². The van der Waals surface area contributed by atoms with Crippen LogP contribution in [0.25, 0.3) is 11.1 Å². The Morgan fingerprint density at radius 1 is 1.18 bits per heavy atom. The fourth-order valence-electron chi connectivity index (χ4n) is 5.51. The molecule has 176 valence electrons. The van der Waals surface area contributed by atoms with Crippen molar-refractivity contribution in [2.24, 2.45) is 17.6 Å². The zero-order valence-corrected chi connectivity index (χ0v) is 19.5.